The minimum Gasteiger partial charge on any atom is -0.502 e. The summed E-state index contributed by atoms with van der Waals surface area (Å²) in [4.78, 5) is 34.9. The number of unbranched alkanes of at least 4 members (excludes halogenated alkanes) is 4. The second-order valence-corrected chi connectivity index (χ2v) is 11.9. The van der Waals surface area contributed by atoms with Crippen molar-refractivity contribution in [1.82, 2.24) is 10.6 Å². The van der Waals surface area contributed by atoms with Crippen molar-refractivity contribution in [2.24, 2.45) is 9.98 Å². The summed E-state index contributed by atoms with van der Waals surface area (Å²) in [5.41, 5.74) is 1.32. The average Bonchev–Trinajstić information content (AvgIpc) is 3.57. The van der Waals surface area contributed by atoms with Gasteiger partial charge in [0.15, 0.2) is 33.3 Å². The van der Waals surface area contributed by atoms with E-state index in [4.69, 9.17) is 18.9 Å². The van der Waals surface area contributed by atoms with Gasteiger partial charge >= 0.3 is 0 Å². The van der Waals surface area contributed by atoms with Gasteiger partial charge < -0.3 is 39.8 Å². The van der Waals surface area contributed by atoms with Crippen molar-refractivity contribution >= 4 is 57.8 Å². The van der Waals surface area contributed by atoms with Gasteiger partial charge in [-0.15, -0.1) is 0 Å². The van der Waals surface area contributed by atoms with Gasteiger partial charge in [0.1, 0.15) is 0 Å². The fourth-order valence-corrected chi connectivity index (χ4v) is 6.11. The first-order valence-corrected chi connectivity index (χ1v) is 15.8. The molecule has 2 saturated heterocycles. The highest BCUT2D eigenvalue weighted by atomic mass is 32.2. The Morgan fingerprint density at radius 2 is 0.956 bits per heavy atom. The highest BCUT2D eigenvalue weighted by molar-refractivity contribution is 8.19. The van der Waals surface area contributed by atoms with E-state index in [2.05, 4.69) is 20.6 Å². The first kappa shape index (κ1) is 33.6. The summed E-state index contributed by atoms with van der Waals surface area (Å²) in [6, 6.07) is 6.52. The van der Waals surface area contributed by atoms with Gasteiger partial charge in [-0.05, 0) is 83.9 Å². The van der Waals surface area contributed by atoms with Crippen LogP contribution in [0.4, 0.5) is 0 Å². The largest absolute Gasteiger partial charge is 0.502 e. The molecule has 0 aliphatic carbocycles. The summed E-state index contributed by atoms with van der Waals surface area (Å²) in [6.07, 6.45) is 8.22. The zero-order valence-corrected chi connectivity index (χ0v) is 27.1. The summed E-state index contributed by atoms with van der Waals surface area (Å²) in [5.74, 6) is 0.371. The van der Waals surface area contributed by atoms with Crippen LogP contribution in [0.3, 0.4) is 0 Å². The quantitative estimate of drug-likeness (QED) is 0.163. The molecule has 2 fully saturated rings. The molecule has 4 N–H and O–H groups in total. The van der Waals surface area contributed by atoms with Gasteiger partial charge in [-0.2, -0.15) is 0 Å². The minimum absolute atomic E-state index is 0.0967. The van der Waals surface area contributed by atoms with Crippen molar-refractivity contribution in [3.05, 3.63) is 45.2 Å². The normalized spacial score (nSPS) is 18.1. The second-order valence-electron chi connectivity index (χ2n) is 9.82. The molecule has 0 saturated carbocycles. The molecule has 0 aromatic heterocycles. The maximum atomic E-state index is 12.4. The Morgan fingerprint density at radius 1 is 0.622 bits per heavy atom. The van der Waals surface area contributed by atoms with Gasteiger partial charge in [0.25, 0.3) is 11.8 Å². The molecule has 14 heteroatoms. The van der Waals surface area contributed by atoms with E-state index in [1.54, 1.807) is 36.4 Å². The molecule has 0 radical (unpaired) electrons. The number of thioether (sulfide) groups is 2. The van der Waals surface area contributed by atoms with Crippen LogP contribution < -0.4 is 29.6 Å². The lowest BCUT2D eigenvalue weighted by Gasteiger charge is -2.09. The number of carbonyl (C=O) groups is 2. The summed E-state index contributed by atoms with van der Waals surface area (Å²) < 4.78 is 20.7. The van der Waals surface area contributed by atoms with Crippen molar-refractivity contribution in [3.8, 4) is 34.5 Å². The fourth-order valence-electron chi connectivity index (χ4n) is 4.42. The Labute approximate surface area is 270 Å². The molecule has 2 aliphatic rings. The third-order valence-corrected chi connectivity index (χ3v) is 8.62. The SMILES string of the molecule is COc1cc(/C=C2\SC(=NCCCCCCCN=C3NC(=O)/C(=C/c4cc(OC)c(O)c(OC)c4)S3)NC2=O)cc(OC)c1O. The molecule has 45 heavy (non-hydrogen) atoms. The number of methoxy groups -OCH3 is 4. The molecule has 2 aromatic rings. The molecule has 12 nitrogen and oxygen atoms in total. The number of ether oxygens (including phenoxy) is 4. The van der Waals surface area contributed by atoms with Gasteiger partial charge in [-0.3, -0.25) is 19.6 Å². The van der Waals surface area contributed by atoms with Crippen LogP contribution in [0, 0.1) is 0 Å². The third-order valence-electron chi connectivity index (χ3n) is 6.73. The highest BCUT2D eigenvalue weighted by Gasteiger charge is 2.25. The number of rotatable bonds is 14. The minimum atomic E-state index is -0.230. The number of benzene rings is 2. The van der Waals surface area contributed by atoms with Crippen molar-refractivity contribution in [2.45, 2.75) is 32.1 Å². The first-order valence-electron chi connectivity index (χ1n) is 14.2. The Bertz CT molecular complexity index is 1390. The van der Waals surface area contributed by atoms with Crippen LogP contribution in [0.5, 0.6) is 34.5 Å². The standard InChI is InChI=1S/C31H36N4O8S2/c1-40-20-12-18(13-21(41-2)26(20)36)16-24-28(38)34-30(44-24)32-10-8-6-5-7-9-11-33-31-35-29(39)25(45-31)17-19-14-22(42-3)27(37)23(15-19)43-4/h12-17,36-37H,5-11H2,1-4H3,(H,32,34,38)(H,33,35,39)/b24-16-,25-17-. The van der Waals surface area contributed by atoms with Crippen LogP contribution in [-0.4, -0.2) is 73.9 Å². The number of hydrogen-bond donors (Lipinski definition) is 4. The number of amides is 2. The number of nitrogens with zero attached hydrogens (tertiary/aromatic N) is 2. The predicted octanol–water partition coefficient (Wildman–Crippen LogP) is 4.90. The van der Waals surface area contributed by atoms with E-state index in [-0.39, 0.29) is 46.3 Å². The number of amidine groups is 2. The Kier molecular flexibility index (Phi) is 12.0. The first-order chi connectivity index (χ1) is 21.8. The lowest BCUT2D eigenvalue weighted by molar-refractivity contribution is -0.116. The summed E-state index contributed by atoms with van der Waals surface area (Å²) in [7, 11) is 5.79. The van der Waals surface area contributed by atoms with Crippen LogP contribution in [0.1, 0.15) is 43.2 Å². The number of phenolic OH excluding ortho intramolecular Hbond substituents is 2. The predicted molar refractivity (Wildman–Crippen MR) is 178 cm³/mol. The van der Waals surface area contributed by atoms with Crippen LogP contribution >= 0.6 is 23.5 Å². The topological polar surface area (TPSA) is 160 Å². The van der Waals surface area contributed by atoms with E-state index < -0.39 is 0 Å². The Morgan fingerprint density at radius 3 is 1.29 bits per heavy atom. The van der Waals surface area contributed by atoms with Crippen molar-refractivity contribution in [2.75, 3.05) is 41.5 Å². The van der Waals surface area contributed by atoms with Crippen molar-refractivity contribution in [1.29, 1.82) is 0 Å². The number of aromatic hydroxyl groups is 2. The molecule has 0 atom stereocenters. The molecule has 0 bridgehead atoms. The maximum absolute atomic E-state index is 12.4. The molecule has 0 unspecified atom stereocenters. The van der Waals surface area contributed by atoms with Gasteiger partial charge in [-0.25, -0.2) is 0 Å². The average molecular weight is 657 g/mol. The van der Waals surface area contributed by atoms with Crippen LogP contribution in [-0.2, 0) is 9.59 Å². The second kappa shape index (κ2) is 16.1. The fraction of sp³-hybridized carbons (Fsp3) is 0.355. The van der Waals surface area contributed by atoms with E-state index in [1.165, 1.54) is 52.0 Å². The number of phenols is 2. The molecule has 2 amide bonds. The number of carbonyl (C=O) groups excluding carboxylic acids is 2. The molecule has 2 aromatic carbocycles. The van der Waals surface area contributed by atoms with Crippen LogP contribution in [0.15, 0.2) is 44.1 Å². The summed E-state index contributed by atoms with van der Waals surface area (Å²) >= 11 is 2.54. The monoisotopic (exact) mass is 656 g/mol. The van der Waals surface area contributed by atoms with Gasteiger partial charge in [0.05, 0.1) is 38.2 Å². The smallest absolute Gasteiger partial charge is 0.264 e. The summed E-state index contributed by atoms with van der Waals surface area (Å²) in [5, 5.41) is 26.9. The van der Waals surface area contributed by atoms with E-state index in [0.29, 0.717) is 44.4 Å². The van der Waals surface area contributed by atoms with Crippen LogP contribution in [0.25, 0.3) is 12.2 Å². The number of aliphatic imine (C=N–C) groups is 2. The van der Waals surface area contributed by atoms with Gasteiger partial charge in [-0.1, -0.05) is 19.3 Å². The molecule has 4 rings (SSSR count). The molecule has 0 spiro atoms. The van der Waals surface area contributed by atoms with Crippen molar-refractivity contribution < 1.29 is 38.7 Å². The van der Waals surface area contributed by atoms with Crippen molar-refractivity contribution in [3.63, 3.8) is 0 Å². The molecule has 2 heterocycles. The number of nitrogens with one attached hydrogen (secondary N) is 2. The Hall–Kier alpha value is -4.30. The highest BCUT2D eigenvalue weighted by Crippen LogP contribution is 2.40. The third kappa shape index (κ3) is 8.88. The number of hydrogen-bond acceptors (Lipinski definition) is 12. The maximum Gasteiger partial charge on any atom is 0.264 e. The summed E-state index contributed by atoms with van der Waals surface area (Å²) in [6.45, 7) is 1.21. The molecular formula is C31H36N4O8S2. The zero-order chi connectivity index (χ0) is 32.3. The van der Waals surface area contributed by atoms with E-state index in [9.17, 15) is 19.8 Å². The van der Waals surface area contributed by atoms with E-state index >= 15 is 0 Å². The van der Waals surface area contributed by atoms with Gasteiger partial charge in [0.2, 0.25) is 11.5 Å². The van der Waals surface area contributed by atoms with Gasteiger partial charge in [0, 0.05) is 13.1 Å². The van der Waals surface area contributed by atoms with Crippen LogP contribution in [0.2, 0.25) is 0 Å². The van der Waals surface area contributed by atoms with E-state index in [0.717, 1.165) is 32.1 Å². The lowest BCUT2D eigenvalue weighted by atomic mass is 10.1. The molecular weight excluding hydrogens is 620 g/mol. The molecule has 2 aliphatic heterocycles. The Balaban J connectivity index is 1.17. The molecule has 240 valence electrons. The zero-order valence-electron chi connectivity index (χ0n) is 25.5. The van der Waals surface area contributed by atoms with E-state index in [1.807, 2.05) is 0 Å². The lowest BCUT2D eigenvalue weighted by Crippen LogP contribution is -2.20.